The molecular formula is C86H148NO8+. The van der Waals surface area contributed by atoms with E-state index in [4.69, 9.17) is 18.9 Å². The van der Waals surface area contributed by atoms with Gasteiger partial charge in [0.1, 0.15) is 13.2 Å². The molecule has 2 atom stereocenters. The number of carboxylic acid groups (broad SMARTS) is 1. The Bertz CT molecular complexity index is 2030. The summed E-state index contributed by atoms with van der Waals surface area (Å²) in [6.45, 7) is 4.68. The lowest BCUT2D eigenvalue weighted by Gasteiger charge is -2.25. The lowest BCUT2D eigenvalue weighted by atomic mass is 10.0. The van der Waals surface area contributed by atoms with Crippen molar-refractivity contribution in [3.63, 3.8) is 0 Å². The van der Waals surface area contributed by atoms with E-state index in [2.05, 4.69) is 148 Å². The molecular weight excluding hydrogens is 1170 g/mol. The molecule has 0 aliphatic rings. The van der Waals surface area contributed by atoms with Gasteiger partial charge in [0, 0.05) is 12.8 Å². The number of hydrogen-bond donors (Lipinski definition) is 1. The van der Waals surface area contributed by atoms with Crippen LogP contribution in [0.3, 0.4) is 0 Å². The first-order valence-corrected chi connectivity index (χ1v) is 39.3. The van der Waals surface area contributed by atoms with E-state index in [9.17, 15) is 19.5 Å². The fourth-order valence-corrected chi connectivity index (χ4v) is 11.0. The summed E-state index contributed by atoms with van der Waals surface area (Å²) in [5, 5.41) is 9.77. The van der Waals surface area contributed by atoms with Gasteiger partial charge in [-0.15, -0.1) is 0 Å². The fraction of sp³-hybridized carbons (Fsp3) is 0.709. The number of aliphatic carboxylic acids is 1. The molecule has 0 radical (unpaired) electrons. The minimum absolute atomic E-state index is 0.184. The molecule has 9 nitrogen and oxygen atoms in total. The van der Waals surface area contributed by atoms with Gasteiger partial charge in [-0.2, -0.15) is 0 Å². The Hall–Kier alpha value is -4.57. The topological polar surface area (TPSA) is 108 Å². The molecule has 0 fully saturated rings. The van der Waals surface area contributed by atoms with E-state index in [1.807, 2.05) is 21.1 Å². The van der Waals surface area contributed by atoms with Crippen LogP contribution in [-0.4, -0.2) is 87.4 Å². The van der Waals surface area contributed by atoms with E-state index in [0.717, 1.165) is 109 Å². The molecule has 0 rings (SSSR count). The quantitative estimate of drug-likeness (QED) is 0.0211. The molecule has 0 spiro atoms. The number of carbonyl (C=O) groups is 3. The van der Waals surface area contributed by atoms with Crippen molar-refractivity contribution in [2.45, 2.75) is 347 Å². The van der Waals surface area contributed by atoms with Crippen molar-refractivity contribution >= 4 is 17.9 Å². The van der Waals surface area contributed by atoms with Crippen LogP contribution in [0.5, 0.6) is 0 Å². The number of likely N-dealkylation sites (N-methyl/N-ethyl adjacent to an activating group) is 1. The fourth-order valence-electron chi connectivity index (χ4n) is 11.0. The monoisotopic (exact) mass is 1320 g/mol. The van der Waals surface area contributed by atoms with E-state index in [0.29, 0.717) is 17.4 Å². The number of unbranched alkanes of at least 4 members (excludes halogenated alkanes) is 35. The lowest BCUT2D eigenvalue weighted by molar-refractivity contribution is -0.870. The summed E-state index contributed by atoms with van der Waals surface area (Å²) in [5.41, 5.74) is 0. The average Bonchev–Trinajstić information content (AvgIpc) is 2.92. The Kier molecular flexibility index (Phi) is 71.6. The zero-order chi connectivity index (χ0) is 69.0. The van der Waals surface area contributed by atoms with Gasteiger partial charge in [-0.25, -0.2) is 4.79 Å². The maximum Gasteiger partial charge on any atom is 0.361 e. The Morgan fingerprint density at radius 2 is 0.568 bits per heavy atom. The second-order valence-corrected chi connectivity index (χ2v) is 27.3. The van der Waals surface area contributed by atoms with E-state index in [1.165, 1.54) is 199 Å². The number of allylic oxidation sites excluding steroid dienone is 22. The first-order valence-electron chi connectivity index (χ1n) is 39.3. The zero-order valence-electron chi connectivity index (χ0n) is 62.3. The number of nitrogens with zero attached hydrogens (tertiary/aromatic N) is 1. The summed E-state index contributed by atoms with van der Waals surface area (Å²) in [6.07, 6.45) is 106. The van der Waals surface area contributed by atoms with Crippen LogP contribution < -0.4 is 0 Å². The van der Waals surface area contributed by atoms with Crippen molar-refractivity contribution in [3.05, 3.63) is 134 Å². The molecule has 0 bridgehead atoms. The third-order valence-electron chi connectivity index (χ3n) is 16.9. The third kappa shape index (κ3) is 76.7. The van der Waals surface area contributed by atoms with Gasteiger partial charge in [-0.05, 0) is 109 Å². The Morgan fingerprint density at radius 1 is 0.316 bits per heavy atom. The van der Waals surface area contributed by atoms with E-state index < -0.39 is 24.3 Å². The van der Waals surface area contributed by atoms with Crippen molar-refractivity contribution in [1.29, 1.82) is 0 Å². The van der Waals surface area contributed by atoms with Gasteiger partial charge in [0.2, 0.25) is 0 Å². The van der Waals surface area contributed by atoms with Gasteiger partial charge in [-0.3, -0.25) is 9.59 Å². The Morgan fingerprint density at radius 3 is 0.842 bits per heavy atom. The molecule has 0 aromatic heterocycles. The molecule has 0 heterocycles. The minimum Gasteiger partial charge on any atom is -0.477 e. The molecule has 0 aliphatic carbocycles. The molecule has 9 heteroatoms. The van der Waals surface area contributed by atoms with Crippen LogP contribution in [0.1, 0.15) is 335 Å². The number of quaternary nitrogens is 1. The zero-order valence-corrected chi connectivity index (χ0v) is 62.3. The molecule has 0 saturated carbocycles. The highest BCUT2D eigenvalue weighted by atomic mass is 16.7. The Labute approximate surface area is 586 Å². The van der Waals surface area contributed by atoms with Crippen LogP contribution in [0.2, 0.25) is 0 Å². The first kappa shape index (κ1) is 90.4. The number of carbonyl (C=O) groups excluding carboxylic acids is 2. The molecule has 0 saturated heterocycles. The number of esters is 2. The molecule has 0 amide bonds. The largest absolute Gasteiger partial charge is 0.477 e. The summed E-state index contributed by atoms with van der Waals surface area (Å²) in [4.78, 5) is 37.7. The van der Waals surface area contributed by atoms with Gasteiger partial charge >= 0.3 is 17.9 Å². The summed E-state index contributed by atoms with van der Waals surface area (Å²) in [5.74, 6) is -1.99. The smallest absolute Gasteiger partial charge is 0.361 e. The van der Waals surface area contributed by atoms with E-state index in [1.54, 1.807) is 0 Å². The van der Waals surface area contributed by atoms with Crippen molar-refractivity contribution in [1.82, 2.24) is 0 Å². The highest BCUT2D eigenvalue weighted by Crippen LogP contribution is 2.18. The first-order chi connectivity index (χ1) is 46.6. The molecule has 2 unspecified atom stereocenters. The van der Waals surface area contributed by atoms with Crippen LogP contribution in [0.15, 0.2) is 134 Å². The van der Waals surface area contributed by atoms with E-state index in [-0.39, 0.29) is 32.2 Å². The Balaban J connectivity index is 4.03. The van der Waals surface area contributed by atoms with Crippen molar-refractivity contribution in [2.75, 3.05) is 47.5 Å². The number of hydrogen-bond acceptors (Lipinski definition) is 7. The molecule has 1 N–H and O–H groups in total. The number of ether oxygens (including phenoxy) is 4. The SMILES string of the molecule is CC/C=C\C/C=C\C/C=C\C/C=C\C/C=C\C/C=C\CCCCCCCCCCCCCCCCCCCCCCC(=O)OC(COC(=O)CCCCCCCCCCCCCCCCC/C=C\C/C=C\C/C=C\C/C=C\C/C=C\CC)COC(OCC[N+](C)(C)C)C(=O)O. The minimum atomic E-state index is -1.52. The summed E-state index contributed by atoms with van der Waals surface area (Å²) >= 11 is 0. The maximum atomic E-state index is 13.0. The van der Waals surface area contributed by atoms with Gasteiger partial charge < -0.3 is 28.5 Å². The highest BCUT2D eigenvalue weighted by Gasteiger charge is 2.25. The predicted octanol–water partition coefficient (Wildman–Crippen LogP) is 25.3. The number of carboxylic acids is 1. The van der Waals surface area contributed by atoms with Gasteiger partial charge in [0.15, 0.2) is 6.10 Å². The molecule has 95 heavy (non-hydrogen) atoms. The number of rotatable bonds is 72. The summed E-state index contributed by atoms with van der Waals surface area (Å²) in [7, 11) is 5.99. The van der Waals surface area contributed by atoms with Crippen LogP contribution in [0, 0.1) is 0 Å². The molecule has 544 valence electrons. The van der Waals surface area contributed by atoms with Gasteiger partial charge in [-0.1, -0.05) is 347 Å². The predicted molar refractivity (Wildman–Crippen MR) is 410 cm³/mol. The van der Waals surface area contributed by atoms with Gasteiger partial charge in [0.25, 0.3) is 6.29 Å². The van der Waals surface area contributed by atoms with Crippen molar-refractivity contribution in [2.24, 2.45) is 0 Å². The molecule has 0 aliphatic heterocycles. The third-order valence-corrected chi connectivity index (χ3v) is 16.9. The molecule has 0 aromatic rings. The van der Waals surface area contributed by atoms with Crippen LogP contribution in [-0.2, 0) is 33.3 Å². The average molecular weight is 1320 g/mol. The van der Waals surface area contributed by atoms with Crippen molar-refractivity contribution < 1.29 is 42.9 Å². The van der Waals surface area contributed by atoms with Crippen LogP contribution in [0.25, 0.3) is 0 Å². The highest BCUT2D eigenvalue weighted by molar-refractivity contribution is 5.71. The molecule has 0 aromatic carbocycles. The normalized spacial score (nSPS) is 13.4. The summed E-state index contributed by atoms with van der Waals surface area (Å²) < 4.78 is 23.0. The lowest BCUT2D eigenvalue weighted by Crippen LogP contribution is -2.40. The van der Waals surface area contributed by atoms with Gasteiger partial charge in [0.05, 0.1) is 34.4 Å². The van der Waals surface area contributed by atoms with Crippen molar-refractivity contribution in [3.8, 4) is 0 Å². The van der Waals surface area contributed by atoms with Crippen LogP contribution in [0.4, 0.5) is 0 Å². The maximum absolute atomic E-state index is 13.0. The van der Waals surface area contributed by atoms with E-state index >= 15 is 0 Å². The second-order valence-electron chi connectivity index (χ2n) is 27.3. The second kappa shape index (κ2) is 75.2. The van der Waals surface area contributed by atoms with Crippen LogP contribution >= 0.6 is 0 Å². The standard InChI is InChI=1S/C86H147NO8/c1-6-8-10-12-14-16-18-20-22-24-26-28-30-32-34-36-38-39-40-41-42-43-44-45-47-49-51-53-55-57-59-61-63-65-67-69-71-73-75-77-84(89)95-82(81-94-86(85(90)91)92-79-78-87(3,4)5)80-93-83(88)76-74-72-70-68-66-64-62-60-58-56-54-52-50-48-46-37-35-33-31-29-27-25-23-21-19-17-15-13-11-9-7-2/h8-11,14-17,20-23,26-29,32-35,38-39,82,86H,6-7,12-13,18-19,24-25,30-31,36-37,40-81H2,1-5H3/p+1/b10-8-,11-9-,16-14-,17-15-,22-20-,23-21-,28-26-,29-27-,34-32-,35-33-,39-38-. The summed E-state index contributed by atoms with van der Waals surface area (Å²) in [6, 6.07) is 0.